The second-order valence-corrected chi connectivity index (χ2v) is 11.4. The Bertz CT molecular complexity index is 1490. The molecule has 9 nitrogen and oxygen atoms in total. The molecular formula is C31H34ClN5O4. The summed E-state index contributed by atoms with van der Waals surface area (Å²) in [5.74, 6) is 2.02. The molecule has 2 aromatic carbocycles. The number of nitrogens with zero attached hydrogens (tertiary/aromatic N) is 4. The van der Waals surface area contributed by atoms with Crippen molar-refractivity contribution < 1.29 is 19.0 Å². The third kappa shape index (κ3) is 7.55. The van der Waals surface area contributed by atoms with Crippen molar-refractivity contribution in [1.82, 2.24) is 19.9 Å². The van der Waals surface area contributed by atoms with Crippen LogP contribution in [-0.2, 0) is 11.3 Å². The van der Waals surface area contributed by atoms with Crippen LogP contribution in [0, 0.1) is 5.92 Å². The third-order valence-electron chi connectivity index (χ3n) is 6.57. The fourth-order valence-corrected chi connectivity index (χ4v) is 4.90. The zero-order valence-electron chi connectivity index (χ0n) is 23.5. The lowest BCUT2D eigenvalue weighted by molar-refractivity contribution is 0.0139. The Labute approximate surface area is 244 Å². The van der Waals surface area contributed by atoms with Crippen LogP contribution in [0.1, 0.15) is 39.3 Å². The second-order valence-electron chi connectivity index (χ2n) is 11.0. The second kappa shape index (κ2) is 12.6. The number of halogens is 1. The summed E-state index contributed by atoms with van der Waals surface area (Å²) in [7, 11) is 0. The smallest absolute Gasteiger partial charge is 0.410 e. The molecule has 0 spiro atoms. The van der Waals surface area contributed by atoms with Crippen LogP contribution in [0.4, 0.5) is 16.3 Å². The summed E-state index contributed by atoms with van der Waals surface area (Å²) in [6, 6.07) is 16.9. The highest BCUT2D eigenvalue weighted by atomic mass is 35.5. The number of pyridine rings is 1. The lowest BCUT2D eigenvalue weighted by Crippen LogP contribution is -2.44. The van der Waals surface area contributed by atoms with Gasteiger partial charge in [-0.1, -0.05) is 23.7 Å². The molecular weight excluding hydrogens is 542 g/mol. The first-order valence-electron chi connectivity index (χ1n) is 13.7. The number of rotatable bonds is 8. The van der Waals surface area contributed by atoms with Crippen molar-refractivity contribution in [2.45, 2.75) is 45.8 Å². The van der Waals surface area contributed by atoms with Crippen LogP contribution in [0.2, 0.25) is 5.02 Å². The lowest BCUT2D eigenvalue weighted by atomic mass is 9.99. The number of hydrogen-bond donors (Lipinski definition) is 1. The molecule has 0 bridgehead atoms. The minimum Gasteiger partial charge on any atom is -0.492 e. The minimum absolute atomic E-state index is 0.185. The Balaban J connectivity index is 1.27. The topological polar surface area (TPSA) is 98.7 Å². The predicted molar refractivity (Wildman–Crippen MR) is 159 cm³/mol. The van der Waals surface area contributed by atoms with Crippen LogP contribution >= 0.6 is 11.6 Å². The molecule has 1 N–H and O–H groups in total. The number of carbonyl (C=O) groups excluding carboxylic acids is 1. The van der Waals surface area contributed by atoms with Gasteiger partial charge in [0, 0.05) is 30.9 Å². The van der Waals surface area contributed by atoms with E-state index >= 15 is 0 Å². The van der Waals surface area contributed by atoms with Gasteiger partial charge in [0.2, 0.25) is 0 Å². The molecule has 41 heavy (non-hydrogen) atoms. The van der Waals surface area contributed by atoms with E-state index in [-0.39, 0.29) is 12.0 Å². The van der Waals surface area contributed by atoms with Gasteiger partial charge >= 0.3 is 6.09 Å². The van der Waals surface area contributed by atoms with Gasteiger partial charge in [-0.05, 0) is 76.1 Å². The molecule has 2 aromatic heterocycles. The number of benzene rings is 2. The Morgan fingerprint density at radius 3 is 2.71 bits per heavy atom. The minimum atomic E-state index is -0.524. The fraction of sp³-hybridized carbons (Fsp3) is 0.355. The molecule has 1 fully saturated rings. The summed E-state index contributed by atoms with van der Waals surface area (Å²) in [6.07, 6.45) is 4.84. The Hall–Kier alpha value is -4.11. The van der Waals surface area contributed by atoms with Crippen LogP contribution in [0.3, 0.4) is 0 Å². The number of hydrogen-bond acceptors (Lipinski definition) is 8. The SMILES string of the molecule is CC(C)(C)OC(=O)N1CCC[C@H](COc2cccc3ncnc(Nc4ccc(OCc5ccccn5)c(Cl)c4)c23)C1. The number of aromatic nitrogens is 3. The van der Waals surface area contributed by atoms with Crippen molar-refractivity contribution in [2.75, 3.05) is 25.0 Å². The molecule has 1 saturated heterocycles. The number of carbonyl (C=O) groups is 1. The molecule has 1 aliphatic rings. The van der Waals surface area contributed by atoms with E-state index in [2.05, 4.69) is 20.3 Å². The van der Waals surface area contributed by atoms with E-state index in [0.717, 1.165) is 35.1 Å². The first-order chi connectivity index (χ1) is 19.7. The Morgan fingerprint density at radius 1 is 1.05 bits per heavy atom. The summed E-state index contributed by atoms with van der Waals surface area (Å²) in [4.78, 5) is 27.6. The number of ether oxygens (including phenoxy) is 3. The van der Waals surface area contributed by atoms with E-state index in [9.17, 15) is 4.79 Å². The van der Waals surface area contributed by atoms with Crippen molar-refractivity contribution in [3.05, 3.63) is 77.8 Å². The molecule has 0 unspecified atom stereocenters. The highest BCUT2D eigenvalue weighted by Crippen LogP contribution is 2.34. The lowest BCUT2D eigenvalue weighted by Gasteiger charge is -2.34. The fourth-order valence-electron chi connectivity index (χ4n) is 4.66. The first-order valence-corrected chi connectivity index (χ1v) is 14.1. The summed E-state index contributed by atoms with van der Waals surface area (Å²) in [5, 5.41) is 4.59. The van der Waals surface area contributed by atoms with Crippen molar-refractivity contribution in [3.8, 4) is 11.5 Å². The van der Waals surface area contributed by atoms with Gasteiger partial charge in [-0.25, -0.2) is 14.8 Å². The maximum Gasteiger partial charge on any atom is 0.410 e. The van der Waals surface area contributed by atoms with Crippen LogP contribution in [0.15, 0.2) is 67.1 Å². The molecule has 10 heteroatoms. The van der Waals surface area contributed by atoms with E-state index in [1.165, 1.54) is 6.33 Å². The van der Waals surface area contributed by atoms with Crippen molar-refractivity contribution in [2.24, 2.45) is 5.92 Å². The molecule has 0 aliphatic carbocycles. The number of nitrogens with one attached hydrogen (secondary N) is 1. The zero-order valence-corrected chi connectivity index (χ0v) is 24.2. The van der Waals surface area contributed by atoms with E-state index in [1.54, 1.807) is 17.2 Å². The normalized spacial score (nSPS) is 15.4. The first kappa shape index (κ1) is 28.4. The average Bonchev–Trinajstić information content (AvgIpc) is 2.95. The molecule has 1 atom stereocenters. The summed E-state index contributed by atoms with van der Waals surface area (Å²) >= 11 is 6.54. The van der Waals surface area contributed by atoms with E-state index in [1.807, 2.05) is 69.3 Å². The molecule has 1 amide bonds. The molecule has 1 aliphatic heterocycles. The van der Waals surface area contributed by atoms with Gasteiger partial charge in [-0.3, -0.25) is 4.98 Å². The molecule has 0 radical (unpaired) electrons. The van der Waals surface area contributed by atoms with Gasteiger partial charge in [0.1, 0.15) is 35.9 Å². The van der Waals surface area contributed by atoms with Crippen LogP contribution in [0.5, 0.6) is 11.5 Å². The van der Waals surface area contributed by atoms with Crippen LogP contribution in [-0.4, -0.2) is 51.2 Å². The number of amides is 1. The zero-order chi connectivity index (χ0) is 28.8. The van der Waals surface area contributed by atoms with Crippen molar-refractivity contribution in [3.63, 3.8) is 0 Å². The van der Waals surface area contributed by atoms with Gasteiger partial charge in [-0.15, -0.1) is 0 Å². The summed E-state index contributed by atoms with van der Waals surface area (Å²) in [6.45, 7) is 7.70. The predicted octanol–water partition coefficient (Wildman–Crippen LogP) is 7.03. The number of anilines is 2. The average molecular weight is 576 g/mol. The van der Waals surface area contributed by atoms with Crippen LogP contribution in [0.25, 0.3) is 10.9 Å². The van der Waals surface area contributed by atoms with E-state index < -0.39 is 5.60 Å². The summed E-state index contributed by atoms with van der Waals surface area (Å²) in [5.41, 5.74) is 1.79. The van der Waals surface area contributed by atoms with Gasteiger partial charge in [-0.2, -0.15) is 0 Å². The number of fused-ring (bicyclic) bond motifs is 1. The number of likely N-dealkylation sites (tertiary alicyclic amines) is 1. The van der Waals surface area contributed by atoms with E-state index in [0.29, 0.717) is 48.6 Å². The largest absolute Gasteiger partial charge is 0.492 e. The highest BCUT2D eigenvalue weighted by molar-refractivity contribution is 6.32. The Morgan fingerprint density at radius 2 is 1.93 bits per heavy atom. The number of piperidine rings is 1. The van der Waals surface area contributed by atoms with E-state index in [4.69, 9.17) is 25.8 Å². The maximum absolute atomic E-state index is 12.6. The van der Waals surface area contributed by atoms with Gasteiger partial charge < -0.3 is 24.4 Å². The molecule has 4 aromatic rings. The Kier molecular flexibility index (Phi) is 8.73. The van der Waals surface area contributed by atoms with Gasteiger partial charge in [0.05, 0.1) is 28.2 Å². The van der Waals surface area contributed by atoms with Crippen molar-refractivity contribution >= 4 is 40.1 Å². The quantitative estimate of drug-likeness (QED) is 0.239. The van der Waals surface area contributed by atoms with Crippen LogP contribution < -0.4 is 14.8 Å². The van der Waals surface area contributed by atoms with Crippen molar-refractivity contribution in [1.29, 1.82) is 0 Å². The summed E-state index contributed by atoms with van der Waals surface area (Å²) < 4.78 is 17.8. The highest BCUT2D eigenvalue weighted by Gasteiger charge is 2.28. The molecule has 5 rings (SSSR count). The standard InChI is InChI=1S/C31H34ClN5O4/c1-31(2,3)41-30(38)37-15-7-8-21(17-37)18-39-27-11-6-10-25-28(27)29(35-20-34-25)36-22-12-13-26(24(32)16-22)40-19-23-9-4-5-14-33-23/h4-6,9-14,16,20-21H,7-8,15,17-19H2,1-3H3,(H,34,35,36)/t21-/m0/s1. The third-order valence-corrected chi connectivity index (χ3v) is 6.86. The molecule has 214 valence electrons. The molecule has 0 saturated carbocycles. The monoisotopic (exact) mass is 575 g/mol. The molecule has 3 heterocycles. The van der Waals surface area contributed by atoms with Gasteiger partial charge in [0.15, 0.2) is 0 Å². The van der Waals surface area contributed by atoms with Gasteiger partial charge in [0.25, 0.3) is 0 Å². The maximum atomic E-state index is 12.6.